The fourth-order valence-electron chi connectivity index (χ4n) is 7.22. The first kappa shape index (κ1) is 56.6. The van der Waals surface area contributed by atoms with E-state index in [-0.39, 0.29) is 31.1 Å². The molecule has 0 aliphatic rings. The summed E-state index contributed by atoms with van der Waals surface area (Å²) in [5, 5.41) is 0. The maximum Gasteiger partial charge on any atom is 0.306 e. The summed E-state index contributed by atoms with van der Waals surface area (Å²) in [6.07, 6.45) is 55.5. The van der Waals surface area contributed by atoms with Crippen LogP contribution in [0.2, 0.25) is 0 Å². The minimum absolute atomic E-state index is 0.0763. The van der Waals surface area contributed by atoms with Crippen molar-refractivity contribution in [1.29, 1.82) is 0 Å². The number of esters is 3. The molecule has 0 amide bonds. The van der Waals surface area contributed by atoms with E-state index in [1.54, 1.807) is 0 Å². The molecule has 0 rings (SSSR count). The zero-order chi connectivity index (χ0) is 43.0. The minimum atomic E-state index is -0.774. The first-order chi connectivity index (χ1) is 29.0. The van der Waals surface area contributed by atoms with Crippen molar-refractivity contribution in [2.45, 2.75) is 271 Å². The van der Waals surface area contributed by atoms with Gasteiger partial charge < -0.3 is 14.2 Å². The zero-order valence-electron chi connectivity index (χ0n) is 39.3. The van der Waals surface area contributed by atoms with Gasteiger partial charge in [-0.25, -0.2) is 0 Å². The summed E-state index contributed by atoms with van der Waals surface area (Å²) >= 11 is 0. The molecule has 0 unspecified atom stereocenters. The highest BCUT2D eigenvalue weighted by molar-refractivity contribution is 5.71. The van der Waals surface area contributed by atoms with E-state index in [9.17, 15) is 14.4 Å². The number of carbonyl (C=O) groups excluding carboxylic acids is 3. The minimum Gasteiger partial charge on any atom is -0.462 e. The third-order valence-corrected chi connectivity index (χ3v) is 11.1. The third kappa shape index (κ3) is 46.5. The van der Waals surface area contributed by atoms with Crippen molar-refractivity contribution in [3.8, 4) is 0 Å². The molecule has 0 aliphatic carbocycles. The molecule has 344 valence electrons. The first-order valence-corrected chi connectivity index (χ1v) is 25.5. The Morgan fingerprint density at radius 3 is 1.03 bits per heavy atom. The van der Waals surface area contributed by atoms with Gasteiger partial charge in [-0.15, -0.1) is 0 Å². The predicted octanol–water partition coefficient (Wildman–Crippen LogP) is 16.5. The van der Waals surface area contributed by atoms with Gasteiger partial charge in [-0.2, -0.15) is 0 Å². The highest BCUT2D eigenvalue weighted by Gasteiger charge is 2.19. The van der Waals surface area contributed by atoms with Crippen LogP contribution in [0.15, 0.2) is 36.5 Å². The summed E-state index contributed by atoms with van der Waals surface area (Å²) in [5.41, 5.74) is 0. The van der Waals surface area contributed by atoms with E-state index in [4.69, 9.17) is 14.2 Å². The predicted molar refractivity (Wildman–Crippen MR) is 252 cm³/mol. The van der Waals surface area contributed by atoms with Gasteiger partial charge in [-0.3, -0.25) is 14.4 Å². The maximum atomic E-state index is 12.8. The van der Waals surface area contributed by atoms with Crippen LogP contribution in [-0.2, 0) is 28.6 Å². The molecule has 0 fully saturated rings. The van der Waals surface area contributed by atoms with Gasteiger partial charge in [0.25, 0.3) is 0 Å². The second-order valence-corrected chi connectivity index (χ2v) is 17.1. The zero-order valence-corrected chi connectivity index (χ0v) is 39.3. The molecule has 0 saturated heterocycles. The number of carbonyl (C=O) groups is 3. The third-order valence-electron chi connectivity index (χ3n) is 11.1. The molecule has 59 heavy (non-hydrogen) atoms. The number of hydrogen-bond acceptors (Lipinski definition) is 6. The van der Waals surface area contributed by atoms with E-state index in [0.717, 1.165) is 77.0 Å². The molecule has 0 saturated carbocycles. The standard InChI is InChI=1S/C53H96O6/c1-4-7-10-13-16-19-22-24-25-26-27-29-31-34-37-40-43-46-52(55)58-49-50(48-57-51(54)45-42-39-36-33-30-21-18-15-12-9-6-3)59-53(56)47-44-41-38-35-32-28-23-20-17-14-11-8-5-2/h15-16,18-19,24-25,50H,4-14,17,20-23,26-49H2,1-3H3/b18-15-,19-16-,25-24-/t50-/m1/s1. The molecular formula is C53H96O6. The van der Waals surface area contributed by atoms with Crippen molar-refractivity contribution in [3.63, 3.8) is 0 Å². The molecule has 0 aromatic heterocycles. The summed E-state index contributed by atoms with van der Waals surface area (Å²) < 4.78 is 16.8. The molecule has 1 atom stereocenters. The number of rotatable bonds is 46. The van der Waals surface area contributed by atoms with E-state index in [1.807, 2.05) is 0 Å². The number of unbranched alkanes of at least 4 members (excludes halogenated alkanes) is 29. The quantitative estimate of drug-likeness (QED) is 0.0263. The van der Waals surface area contributed by atoms with Crippen LogP contribution in [0.3, 0.4) is 0 Å². The lowest BCUT2D eigenvalue weighted by molar-refractivity contribution is -0.167. The largest absolute Gasteiger partial charge is 0.462 e. The summed E-state index contributed by atoms with van der Waals surface area (Å²) in [6.45, 7) is 6.57. The van der Waals surface area contributed by atoms with E-state index < -0.39 is 6.10 Å². The topological polar surface area (TPSA) is 78.9 Å². The number of allylic oxidation sites excluding steroid dienone is 6. The molecule has 0 spiro atoms. The van der Waals surface area contributed by atoms with Crippen LogP contribution in [0.4, 0.5) is 0 Å². The van der Waals surface area contributed by atoms with Crippen LogP contribution in [0, 0.1) is 0 Å². The van der Waals surface area contributed by atoms with Crippen molar-refractivity contribution >= 4 is 17.9 Å². The number of ether oxygens (including phenoxy) is 3. The normalized spacial score (nSPS) is 12.3. The number of hydrogen-bond donors (Lipinski definition) is 0. The van der Waals surface area contributed by atoms with Gasteiger partial charge in [0.15, 0.2) is 6.10 Å². The lowest BCUT2D eigenvalue weighted by Gasteiger charge is -2.18. The molecular weight excluding hydrogens is 733 g/mol. The van der Waals surface area contributed by atoms with E-state index >= 15 is 0 Å². The van der Waals surface area contributed by atoms with E-state index in [0.29, 0.717) is 19.3 Å². The highest BCUT2D eigenvalue weighted by atomic mass is 16.6. The van der Waals surface area contributed by atoms with Crippen molar-refractivity contribution in [2.24, 2.45) is 0 Å². The van der Waals surface area contributed by atoms with Gasteiger partial charge in [0, 0.05) is 19.3 Å². The Balaban J connectivity index is 4.34. The fourth-order valence-corrected chi connectivity index (χ4v) is 7.22. The van der Waals surface area contributed by atoms with Gasteiger partial charge in [0.1, 0.15) is 13.2 Å². The molecule has 6 nitrogen and oxygen atoms in total. The van der Waals surface area contributed by atoms with E-state index in [1.165, 1.54) is 148 Å². The second kappa shape index (κ2) is 48.3. The Kier molecular flexibility index (Phi) is 46.4. The molecule has 0 heterocycles. The maximum absolute atomic E-state index is 12.8. The average molecular weight is 829 g/mol. The Morgan fingerprint density at radius 2 is 0.627 bits per heavy atom. The SMILES string of the molecule is CCCC/C=C\CCCCCCCC(=O)OC[C@H](COC(=O)CCCCCCCCC/C=C\C/C=C\CCCCC)OC(=O)CCCCCCCCCCCCCCC. The summed E-state index contributed by atoms with van der Waals surface area (Å²) in [5.74, 6) is -0.884. The van der Waals surface area contributed by atoms with Crippen LogP contribution < -0.4 is 0 Å². The van der Waals surface area contributed by atoms with Crippen LogP contribution in [-0.4, -0.2) is 37.2 Å². The van der Waals surface area contributed by atoms with Crippen molar-refractivity contribution in [3.05, 3.63) is 36.5 Å². The molecule has 0 aromatic carbocycles. The van der Waals surface area contributed by atoms with Crippen LogP contribution in [0.1, 0.15) is 265 Å². The van der Waals surface area contributed by atoms with Gasteiger partial charge in [-0.1, -0.05) is 211 Å². The van der Waals surface area contributed by atoms with Gasteiger partial charge >= 0.3 is 17.9 Å². The van der Waals surface area contributed by atoms with Crippen LogP contribution in [0.5, 0.6) is 0 Å². The van der Waals surface area contributed by atoms with Crippen LogP contribution >= 0.6 is 0 Å². The van der Waals surface area contributed by atoms with Crippen molar-refractivity contribution < 1.29 is 28.6 Å². The Labute approximate surface area is 365 Å². The Morgan fingerprint density at radius 1 is 0.339 bits per heavy atom. The highest BCUT2D eigenvalue weighted by Crippen LogP contribution is 2.15. The summed E-state index contributed by atoms with van der Waals surface area (Å²) in [7, 11) is 0. The van der Waals surface area contributed by atoms with Gasteiger partial charge in [0.2, 0.25) is 0 Å². The monoisotopic (exact) mass is 829 g/mol. The summed E-state index contributed by atoms with van der Waals surface area (Å²) in [6, 6.07) is 0. The smallest absolute Gasteiger partial charge is 0.306 e. The van der Waals surface area contributed by atoms with Crippen molar-refractivity contribution in [2.75, 3.05) is 13.2 Å². The van der Waals surface area contributed by atoms with E-state index in [2.05, 4.69) is 57.2 Å². The Bertz CT molecular complexity index is 1000. The van der Waals surface area contributed by atoms with Crippen molar-refractivity contribution in [1.82, 2.24) is 0 Å². The molecule has 0 radical (unpaired) electrons. The first-order valence-electron chi connectivity index (χ1n) is 25.5. The second-order valence-electron chi connectivity index (χ2n) is 17.1. The fraction of sp³-hybridized carbons (Fsp3) is 0.830. The van der Waals surface area contributed by atoms with Gasteiger partial charge in [-0.05, 0) is 70.6 Å². The lowest BCUT2D eigenvalue weighted by atomic mass is 10.0. The van der Waals surface area contributed by atoms with Gasteiger partial charge in [0.05, 0.1) is 0 Å². The molecule has 0 N–H and O–H groups in total. The Hall–Kier alpha value is -2.37. The molecule has 0 bridgehead atoms. The summed E-state index contributed by atoms with van der Waals surface area (Å²) in [4.78, 5) is 37.9. The average Bonchev–Trinajstić information content (AvgIpc) is 3.23. The lowest BCUT2D eigenvalue weighted by Crippen LogP contribution is -2.30. The van der Waals surface area contributed by atoms with Crippen LogP contribution in [0.25, 0.3) is 0 Å². The molecule has 6 heteroatoms. The molecule has 0 aliphatic heterocycles. The molecule has 0 aromatic rings.